The molecule has 0 aromatic heterocycles. The average Bonchev–Trinajstić information content (AvgIpc) is 2.60. The fraction of sp³-hybridized carbons (Fsp3) is 0.500. The number of rotatable bonds is 3. The lowest BCUT2D eigenvalue weighted by atomic mass is 9.97. The summed E-state index contributed by atoms with van der Waals surface area (Å²) >= 11 is 6.15. The maximum absolute atomic E-state index is 12.2. The van der Waals surface area contributed by atoms with Gasteiger partial charge in [-0.1, -0.05) is 25.4 Å². The van der Waals surface area contributed by atoms with Gasteiger partial charge in [-0.2, -0.15) is 0 Å². The van der Waals surface area contributed by atoms with Crippen LogP contribution in [-0.4, -0.2) is 19.0 Å². The number of carbonyl (C=O) groups excluding carboxylic acids is 1. The SMILES string of the molecule is CCC(C)C(=O)c1cc2c(cc1Cl)OCCCO2. The smallest absolute Gasteiger partial charge is 0.167 e. The van der Waals surface area contributed by atoms with Gasteiger partial charge in [-0.05, 0) is 12.5 Å². The van der Waals surface area contributed by atoms with Crippen LogP contribution in [0.15, 0.2) is 12.1 Å². The maximum Gasteiger partial charge on any atom is 0.167 e. The highest BCUT2D eigenvalue weighted by atomic mass is 35.5. The van der Waals surface area contributed by atoms with Crippen molar-refractivity contribution in [2.75, 3.05) is 13.2 Å². The van der Waals surface area contributed by atoms with Crippen LogP contribution in [-0.2, 0) is 0 Å². The van der Waals surface area contributed by atoms with Gasteiger partial charge in [0, 0.05) is 24.0 Å². The zero-order valence-electron chi connectivity index (χ0n) is 10.7. The standard InChI is InChI=1S/C14H17ClO3/c1-3-9(2)14(16)10-7-12-13(8-11(10)15)18-6-4-5-17-12/h7-9H,3-6H2,1-2H3. The van der Waals surface area contributed by atoms with Gasteiger partial charge in [0.05, 0.1) is 18.2 Å². The Balaban J connectivity index is 2.37. The summed E-state index contributed by atoms with van der Waals surface area (Å²) in [7, 11) is 0. The van der Waals surface area contributed by atoms with Crippen molar-refractivity contribution in [2.24, 2.45) is 5.92 Å². The first-order chi connectivity index (χ1) is 8.63. The van der Waals surface area contributed by atoms with Gasteiger partial charge in [-0.25, -0.2) is 0 Å². The molecule has 98 valence electrons. The third kappa shape index (κ3) is 2.61. The van der Waals surface area contributed by atoms with Gasteiger partial charge < -0.3 is 9.47 Å². The average molecular weight is 269 g/mol. The monoisotopic (exact) mass is 268 g/mol. The molecule has 1 atom stereocenters. The molecular weight excluding hydrogens is 252 g/mol. The summed E-state index contributed by atoms with van der Waals surface area (Å²) in [4.78, 5) is 12.2. The van der Waals surface area contributed by atoms with Gasteiger partial charge in [0.2, 0.25) is 0 Å². The molecule has 0 radical (unpaired) electrons. The summed E-state index contributed by atoms with van der Waals surface area (Å²) in [5.41, 5.74) is 0.523. The first-order valence-electron chi connectivity index (χ1n) is 6.26. The molecular formula is C14H17ClO3. The van der Waals surface area contributed by atoms with Crippen LogP contribution in [0, 0.1) is 5.92 Å². The van der Waals surface area contributed by atoms with Crippen LogP contribution in [0.1, 0.15) is 37.0 Å². The maximum atomic E-state index is 12.2. The predicted octanol–water partition coefficient (Wildman–Crippen LogP) is 3.73. The predicted molar refractivity (Wildman–Crippen MR) is 70.8 cm³/mol. The Labute approximate surface area is 112 Å². The summed E-state index contributed by atoms with van der Waals surface area (Å²) in [5.74, 6) is 1.26. The molecule has 0 aliphatic carbocycles. The topological polar surface area (TPSA) is 35.5 Å². The molecule has 2 rings (SSSR count). The van der Waals surface area contributed by atoms with Crippen molar-refractivity contribution in [3.8, 4) is 11.5 Å². The van der Waals surface area contributed by atoms with E-state index in [1.165, 1.54) is 0 Å². The van der Waals surface area contributed by atoms with Crippen molar-refractivity contribution >= 4 is 17.4 Å². The van der Waals surface area contributed by atoms with Crippen LogP contribution in [0.4, 0.5) is 0 Å². The van der Waals surface area contributed by atoms with E-state index in [2.05, 4.69) is 0 Å². The Morgan fingerprint density at radius 3 is 2.56 bits per heavy atom. The highest BCUT2D eigenvalue weighted by molar-refractivity contribution is 6.34. The second-order valence-electron chi connectivity index (χ2n) is 4.50. The second kappa shape index (κ2) is 5.61. The first kappa shape index (κ1) is 13.2. The lowest BCUT2D eigenvalue weighted by molar-refractivity contribution is 0.0927. The zero-order chi connectivity index (χ0) is 13.1. The van der Waals surface area contributed by atoms with Gasteiger partial charge in [0.25, 0.3) is 0 Å². The van der Waals surface area contributed by atoms with Crippen LogP contribution < -0.4 is 9.47 Å². The van der Waals surface area contributed by atoms with E-state index in [9.17, 15) is 4.79 Å². The van der Waals surface area contributed by atoms with Crippen molar-refractivity contribution in [1.82, 2.24) is 0 Å². The molecule has 0 spiro atoms. The van der Waals surface area contributed by atoms with E-state index in [-0.39, 0.29) is 11.7 Å². The summed E-state index contributed by atoms with van der Waals surface area (Å²) < 4.78 is 11.1. The summed E-state index contributed by atoms with van der Waals surface area (Å²) in [6, 6.07) is 3.38. The lowest BCUT2D eigenvalue weighted by Crippen LogP contribution is -2.11. The van der Waals surface area contributed by atoms with E-state index >= 15 is 0 Å². The van der Waals surface area contributed by atoms with Crippen LogP contribution in [0.3, 0.4) is 0 Å². The van der Waals surface area contributed by atoms with E-state index in [1.54, 1.807) is 12.1 Å². The molecule has 4 heteroatoms. The molecule has 1 unspecified atom stereocenters. The summed E-state index contributed by atoms with van der Waals surface area (Å²) in [6.45, 7) is 5.11. The number of halogens is 1. The lowest BCUT2D eigenvalue weighted by Gasteiger charge is -2.13. The fourth-order valence-corrected chi connectivity index (χ4v) is 2.07. The quantitative estimate of drug-likeness (QED) is 0.784. The Kier molecular flexibility index (Phi) is 4.12. The minimum atomic E-state index is -0.0350. The number of hydrogen-bond acceptors (Lipinski definition) is 3. The van der Waals surface area contributed by atoms with Crippen LogP contribution in [0.2, 0.25) is 5.02 Å². The third-order valence-corrected chi connectivity index (χ3v) is 3.48. The van der Waals surface area contributed by atoms with Crippen molar-refractivity contribution in [3.63, 3.8) is 0 Å². The van der Waals surface area contributed by atoms with Gasteiger partial charge in [-0.3, -0.25) is 4.79 Å². The Hall–Kier alpha value is -1.22. The third-order valence-electron chi connectivity index (χ3n) is 3.16. The minimum absolute atomic E-state index is 0.0350. The number of fused-ring (bicyclic) bond motifs is 1. The minimum Gasteiger partial charge on any atom is -0.490 e. The molecule has 3 nitrogen and oxygen atoms in total. The number of ketones is 1. The molecule has 0 N–H and O–H groups in total. The van der Waals surface area contributed by atoms with Crippen molar-refractivity contribution in [1.29, 1.82) is 0 Å². The normalized spacial score (nSPS) is 15.9. The molecule has 1 aliphatic rings. The van der Waals surface area contributed by atoms with Crippen molar-refractivity contribution in [2.45, 2.75) is 26.7 Å². The molecule has 1 heterocycles. The van der Waals surface area contributed by atoms with Gasteiger partial charge in [0.1, 0.15) is 0 Å². The highest BCUT2D eigenvalue weighted by Gasteiger charge is 2.21. The van der Waals surface area contributed by atoms with Crippen molar-refractivity contribution < 1.29 is 14.3 Å². The number of carbonyl (C=O) groups is 1. The molecule has 0 bridgehead atoms. The molecule has 1 aliphatic heterocycles. The van der Waals surface area contributed by atoms with Gasteiger partial charge in [0.15, 0.2) is 17.3 Å². The molecule has 0 amide bonds. The van der Waals surface area contributed by atoms with Crippen molar-refractivity contribution in [3.05, 3.63) is 22.7 Å². The summed E-state index contributed by atoms with van der Waals surface area (Å²) in [6.07, 6.45) is 1.63. The van der Waals surface area contributed by atoms with Gasteiger partial charge in [-0.15, -0.1) is 0 Å². The van der Waals surface area contributed by atoms with Gasteiger partial charge >= 0.3 is 0 Å². The van der Waals surface area contributed by atoms with E-state index in [0.29, 0.717) is 35.3 Å². The molecule has 0 saturated carbocycles. The van der Waals surface area contributed by atoms with Crippen LogP contribution in [0.25, 0.3) is 0 Å². The Morgan fingerprint density at radius 2 is 1.94 bits per heavy atom. The van der Waals surface area contributed by atoms with E-state index < -0.39 is 0 Å². The van der Waals surface area contributed by atoms with Crippen LogP contribution >= 0.6 is 11.6 Å². The highest BCUT2D eigenvalue weighted by Crippen LogP contribution is 2.36. The number of hydrogen-bond donors (Lipinski definition) is 0. The zero-order valence-corrected chi connectivity index (χ0v) is 11.4. The van der Waals surface area contributed by atoms with E-state index in [0.717, 1.165) is 12.8 Å². The van der Waals surface area contributed by atoms with Crippen LogP contribution in [0.5, 0.6) is 11.5 Å². The molecule has 18 heavy (non-hydrogen) atoms. The molecule has 1 aromatic rings. The number of ether oxygens (including phenoxy) is 2. The van der Waals surface area contributed by atoms with E-state index in [4.69, 9.17) is 21.1 Å². The molecule has 0 fully saturated rings. The number of benzene rings is 1. The first-order valence-corrected chi connectivity index (χ1v) is 6.64. The molecule has 0 saturated heterocycles. The number of Topliss-reactive ketones (excluding diaryl/α,β-unsaturated/α-hetero) is 1. The second-order valence-corrected chi connectivity index (χ2v) is 4.91. The largest absolute Gasteiger partial charge is 0.490 e. The fourth-order valence-electron chi connectivity index (χ4n) is 1.82. The Bertz CT molecular complexity index is 457. The molecule has 1 aromatic carbocycles. The summed E-state index contributed by atoms with van der Waals surface area (Å²) in [5, 5.41) is 0.435. The van der Waals surface area contributed by atoms with E-state index in [1.807, 2.05) is 13.8 Å². The Morgan fingerprint density at radius 1 is 1.33 bits per heavy atom.